The molecule has 1 amide bonds. The highest BCUT2D eigenvalue weighted by molar-refractivity contribution is 7.09. The number of nitrogens with zero attached hydrogens (tertiary/aromatic N) is 3. The van der Waals surface area contributed by atoms with Crippen LogP contribution in [0, 0.1) is 13.8 Å². The molecular formula is C18H20N4O2S. The number of thiazole rings is 1. The van der Waals surface area contributed by atoms with Crippen molar-refractivity contribution in [2.24, 2.45) is 0 Å². The van der Waals surface area contributed by atoms with E-state index in [2.05, 4.69) is 15.4 Å². The van der Waals surface area contributed by atoms with E-state index in [0.717, 1.165) is 21.8 Å². The van der Waals surface area contributed by atoms with Gasteiger partial charge in [0, 0.05) is 28.9 Å². The first-order chi connectivity index (χ1) is 12.0. The first kappa shape index (κ1) is 17.3. The van der Waals surface area contributed by atoms with Gasteiger partial charge in [-0.1, -0.05) is 25.1 Å². The van der Waals surface area contributed by atoms with Gasteiger partial charge in [-0.15, -0.1) is 11.3 Å². The van der Waals surface area contributed by atoms with Gasteiger partial charge >= 0.3 is 0 Å². The van der Waals surface area contributed by atoms with Crippen molar-refractivity contribution >= 4 is 28.0 Å². The standard InChI is InChI=1S/C18H20N4O2S/c1-11(17-20-12(2)10-25-17)8-19-16(23)9-22-18(24)15-7-5-4-6-14(15)13(3)21-22/h4-7,10-11H,8-9H2,1-3H3,(H,19,23). The van der Waals surface area contributed by atoms with Gasteiger partial charge in [0.25, 0.3) is 5.56 Å². The number of fused-ring (bicyclic) bond motifs is 1. The molecule has 0 aliphatic rings. The minimum Gasteiger partial charge on any atom is -0.354 e. The number of rotatable bonds is 5. The van der Waals surface area contributed by atoms with E-state index >= 15 is 0 Å². The summed E-state index contributed by atoms with van der Waals surface area (Å²) in [5, 5.41) is 11.5. The Morgan fingerprint density at radius 1 is 1.28 bits per heavy atom. The summed E-state index contributed by atoms with van der Waals surface area (Å²) in [6.07, 6.45) is 0. The number of nitrogens with one attached hydrogen (secondary N) is 1. The number of hydrogen-bond acceptors (Lipinski definition) is 5. The third kappa shape index (κ3) is 3.76. The van der Waals surface area contributed by atoms with Crippen LogP contribution in [0.25, 0.3) is 10.8 Å². The van der Waals surface area contributed by atoms with E-state index in [1.807, 2.05) is 44.4 Å². The molecule has 3 rings (SSSR count). The van der Waals surface area contributed by atoms with Crippen molar-refractivity contribution in [2.75, 3.05) is 6.54 Å². The summed E-state index contributed by atoms with van der Waals surface area (Å²) >= 11 is 1.59. The summed E-state index contributed by atoms with van der Waals surface area (Å²) < 4.78 is 1.23. The van der Waals surface area contributed by atoms with Crippen LogP contribution in [0.5, 0.6) is 0 Å². The van der Waals surface area contributed by atoms with Crippen molar-refractivity contribution in [3.8, 4) is 0 Å². The van der Waals surface area contributed by atoms with Crippen LogP contribution in [0.15, 0.2) is 34.4 Å². The molecule has 25 heavy (non-hydrogen) atoms. The number of aromatic nitrogens is 3. The Labute approximate surface area is 149 Å². The molecule has 0 saturated heterocycles. The van der Waals surface area contributed by atoms with Crippen molar-refractivity contribution in [1.82, 2.24) is 20.1 Å². The molecule has 1 aromatic carbocycles. The Hall–Kier alpha value is -2.54. The van der Waals surface area contributed by atoms with Gasteiger partial charge in [-0.3, -0.25) is 9.59 Å². The lowest BCUT2D eigenvalue weighted by Gasteiger charge is -2.12. The fourth-order valence-electron chi connectivity index (χ4n) is 2.66. The molecule has 130 valence electrons. The van der Waals surface area contributed by atoms with Crippen molar-refractivity contribution in [1.29, 1.82) is 0 Å². The zero-order valence-corrected chi connectivity index (χ0v) is 15.3. The summed E-state index contributed by atoms with van der Waals surface area (Å²) in [5.41, 5.74) is 1.47. The Kier molecular flexibility index (Phi) is 4.94. The van der Waals surface area contributed by atoms with Crippen LogP contribution in [0.1, 0.15) is 29.2 Å². The molecule has 7 heteroatoms. The maximum Gasteiger partial charge on any atom is 0.275 e. The second-order valence-electron chi connectivity index (χ2n) is 6.13. The third-order valence-corrected chi connectivity index (χ3v) is 5.20. The summed E-state index contributed by atoms with van der Waals surface area (Å²) in [6, 6.07) is 7.30. The average molecular weight is 356 g/mol. The van der Waals surface area contributed by atoms with Gasteiger partial charge < -0.3 is 5.32 Å². The minimum absolute atomic E-state index is 0.0892. The zero-order chi connectivity index (χ0) is 18.0. The minimum atomic E-state index is -0.250. The number of hydrogen-bond donors (Lipinski definition) is 1. The molecule has 1 atom stereocenters. The fourth-order valence-corrected chi connectivity index (χ4v) is 3.51. The second-order valence-corrected chi connectivity index (χ2v) is 7.02. The zero-order valence-electron chi connectivity index (χ0n) is 14.4. The lowest BCUT2D eigenvalue weighted by atomic mass is 10.1. The predicted octanol–water partition coefficient (Wildman–Crippen LogP) is 2.39. The molecule has 0 saturated carbocycles. The molecule has 3 aromatic rings. The largest absolute Gasteiger partial charge is 0.354 e. The average Bonchev–Trinajstić information content (AvgIpc) is 3.04. The smallest absolute Gasteiger partial charge is 0.275 e. The van der Waals surface area contributed by atoms with Crippen LogP contribution < -0.4 is 10.9 Å². The molecular weight excluding hydrogens is 336 g/mol. The van der Waals surface area contributed by atoms with Gasteiger partial charge in [-0.2, -0.15) is 5.10 Å². The van der Waals surface area contributed by atoms with E-state index < -0.39 is 0 Å². The Bertz CT molecular complexity index is 977. The van der Waals surface area contributed by atoms with E-state index in [9.17, 15) is 9.59 Å². The normalized spacial score (nSPS) is 12.3. The Morgan fingerprint density at radius 2 is 2.00 bits per heavy atom. The van der Waals surface area contributed by atoms with Crippen LogP contribution in [0.2, 0.25) is 0 Å². The molecule has 6 nitrogen and oxygen atoms in total. The fraction of sp³-hybridized carbons (Fsp3) is 0.333. The van der Waals surface area contributed by atoms with Crippen LogP contribution in [-0.2, 0) is 11.3 Å². The SMILES string of the molecule is Cc1csc(C(C)CNC(=O)Cn2nc(C)c3ccccc3c2=O)n1. The molecule has 0 fully saturated rings. The lowest BCUT2D eigenvalue weighted by molar-refractivity contribution is -0.121. The monoisotopic (exact) mass is 356 g/mol. The summed E-state index contributed by atoms with van der Waals surface area (Å²) in [5.74, 6) is -0.102. The lowest BCUT2D eigenvalue weighted by Crippen LogP contribution is -2.35. The van der Waals surface area contributed by atoms with Crippen molar-refractivity contribution in [3.05, 3.63) is 56.4 Å². The summed E-state index contributed by atoms with van der Waals surface area (Å²) in [4.78, 5) is 29.1. The number of carbonyl (C=O) groups is 1. The molecule has 0 radical (unpaired) electrons. The van der Waals surface area contributed by atoms with Crippen molar-refractivity contribution in [3.63, 3.8) is 0 Å². The highest BCUT2D eigenvalue weighted by Gasteiger charge is 2.13. The molecule has 1 unspecified atom stereocenters. The Balaban J connectivity index is 1.70. The van der Waals surface area contributed by atoms with Crippen LogP contribution in [-0.4, -0.2) is 27.2 Å². The molecule has 0 spiro atoms. The summed E-state index contributed by atoms with van der Waals surface area (Å²) in [7, 11) is 0. The molecule has 1 N–H and O–H groups in total. The highest BCUT2D eigenvalue weighted by atomic mass is 32.1. The first-order valence-corrected chi connectivity index (χ1v) is 8.99. The molecule has 0 aliphatic heterocycles. The van der Waals surface area contributed by atoms with E-state index in [4.69, 9.17) is 0 Å². The van der Waals surface area contributed by atoms with Gasteiger partial charge in [0.05, 0.1) is 16.1 Å². The molecule has 0 aliphatic carbocycles. The van der Waals surface area contributed by atoms with Crippen molar-refractivity contribution in [2.45, 2.75) is 33.2 Å². The van der Waals surface area contributed by atoms with E-state index in [-0.39, 0.29) is 23.9 Å². The van der Waals surface area contributed by atoms with Gasteiger partial charge in [0.2, 0.25) is 5.91 Å². The van der Waals surface area contributed by atoms with Gasteiger partial charge in [-0.05, 0) is 19.9 Å². The maximum atomic E-state index is 12.5. The quantitative estimate of drug-likeness (QED) is 0.761. The molecule has 0 bridgehead atoms. The number of amides is 1. The number of aryl methyl sites for hydroxylation is 2. The molecule has 2 heterocycles. The molecule has 2 aromatic heterocycles. The first-order valence-electron chi connectivity index (χ1n) is 8.11. The van der Waals surface area contributed by atoms with E-state index in [1.165, 1.54) is 4.68 Å². The van der Waals surface area contributed by atoms with Gasteiger partial charge in [0.15, 0.2) is 0 Å². The number of benzene rings is 1. The topological polar surface area (TPSA) is 76.9 Å². The van der Waals surface area contributed by atoms with Crippen LogP contribution in [0.3, 0.4) is 0 Å². The third-order valence-electron chi connectivity index (χ3n) is 4.01. The van der Waals surface area contributed by atoms with Crippen LogP contribution >= 0.6 is 11.3 Å². The van der Waals surface area contributed by atoms with Crippen molar-refractivity contribution < 1.29 is 4.79 Å². The second kappa shape index (κ2) is 7.14. The van der Waals surface area contributed by atoms with Gasteiger partial charge in [0.1, 0.15) is 6.54 Å². The predicted molar refractivity (Wildman–Crippen MR) is 99.0 cm³/mol. The van der Waals surface area contributed by atoms with Gasteiger partial charge in [-0.25, -0.2) is 9.67 Å². The maximum absolute atomic E-state index is 12.5. The van der Waals surface area contributed by atoms with E-state index in [0.29, 0.717) is 11.9 Å². The Morgan fingerprint density at radius 3 is 2.68 bits per heavy atom. The number of carbonyl (C=O) groups excluding carboxylic acids is 1. The van der Waals surface area contributed by atoms with E-state index in [1.54, 1.807) is 17.4 Å². The van der Waals surface area contributed by atoms with Crippen LogP contribution in [0.4, 0.5) is 0 Å². The highest BCUT2D eigenvalue weighted by Crippen LogP contribution is 2.18. The summed E-state index contributed by atoms with van der Waals surface area (Å²) in [6.45, 7) is 6.19.